The van der Waals surface area contributed by atoms with Crippen molar-refractivity contribution in [1.82, 2.24) is 5.32 Å². The largest absolute Gasteiger partial charge is 0.383 e. The van der Waals surface area contributed by atoms with E-state index in [0.717, 1.165) is 24.7 Å². The Bertz CT molecular complexity index is 382. The van der Waals surface area contributed by atoms with Crippen molar-refractivity contribution < 1.29 is 4.74 Å². The highest BCUT2D eigenvalue weighted by molar-refractivity contribution is 6.30. The normalized spacial score (nSPS) is 18.7. The zero-order valence-electron chi connectivity index (χ0n) is 12.5. The van der Waals surface area contributed by atoms with Crippen molar-refractivity contribution in [2.45, 2.75) is 43.9 Å². The number of hydrogen-bond donors (Lipinski definition) is 1. The first-order valence-corrected chi connectivity index (χ1v) is 8.10. The average molecular weight is 296 g/mol. The van der Waals surface area contributed by atoms with Gasteiger partial charge in [-0.2, -0.15) is 0 Å². The van der Waals surface area contributed by atoms with Gasteiger partial charge in [-0.15, -0.1) is 0 Å². The highest BCUT2D eigenvalue weighted by Gasteiger charge is 2.32. The average Bonchev–Trinajstić information content (AvgIpc) is 2.71. The van der Waals surface area contributed by atoms with Gasteiger partial charge in [-0.05, 0) is 30.5 Å². The summed E-state index contributed by atoms with van der Waals surface area (Å²) in [6.45, 7) is 2.74. The van der Waals surface area contributed by atoms with Crippen molar-refractivity contribution in [3.8, 4) is 0 Å². The molecule has 2 nitrogen and oxygen atoms in total. The van der Waals surface area contributed by atoms with Crippen molar-refractivity contribution in [3.05, 3.63) is 34.9 Å². The topological polar surface area (TPSA) is 21.3 Å². The molecule has 0 unspecified atom stereocenters. The summed E-state index contributed by atoms with van der Waals surface area (Å²) in [5.41, 5.74) is 1.71. The molecule has 1 aliphatic carbocycles. The Morgan fingerprint density at radius 2 is 1.75 bits per heavy atom. The van der Waals surface area contributed by atoms with Crippen LogP contribution in [0.5, 0.6) is 0 Å². The van der Waals surface area contributed by atoms with Crippen LogP contribution in [0.4, 0.5) is 0 Å². The Morgan fingerprint density at radius 1 is 1.10 bits per heavy atom. The van der Waals surface area contributed by atoms with Crippen LogP contribution >= 0.6 is 11.6 Å². The number of methoxy groups -OCH3 is 1. The van der Waals surface area contributed by atoms with Crippen LogP contribution in [0, 0.1) is 0 Å². The number of benzene rings is 1. The van der Waals surface area contributed by atoms with Gasteiger partial charge in [-0.1, -0.05) is 49.4 Å². The van der Waals surface area contributed by atoms with Gasteiger partial charge in [-0.3, -0.25) is 0 Å². The third-order valence-electron chi connectivity index (χ3n) is 4.46. The summed E-state index contributed by atoms with van der Waals surface area (Å²) >= 11 is 6.04. The minimum Gasteiger partial charge on any atom is -0.383 e. The number of rotatable bonds is 6. The molecule has 0 radical (unpaired) electrons. The molecule has 1 N–H and O–H groups in total. The van der Waals surface area contributed by atoms with Crippen LogP contribution in [-0.2, 0) is 10.2 Å². The molecule has 1 aromatic carbocycles. The SMILES string of the molecule is COCCNCC1(c2ccc(Cl)cc2)CCCCCC1. The van der Waals surface area contributed by atoms with Crippen molar-refractivity contribution in [2.24, 2.45) is 0 Å². The lowest BCUT2D eigenvalue weighted by Gasteiger charge is -2.34. The fourth-order valence-electron chi connectivity index (χ4n) is 3.28. The predicted molar refractivity (Wildman–Crippen MR) is 85.6 cm³/mol. The number of ether oxygens (including phenoxy) is 1. The number of halogens is 1. The molecule has 20 heavy (non-hydrogen) atoms. The van der Waals surface area contributed by atoms with Gasteiger partial charge >= 0.3 is 0 Å². The van der Waals surface area contributed by atoms with E-state index in [9.17, 15) is 0 Å². The monoisotopic (exact) mass is 295 g/mol. The van der Waals surface area contributed by atoms with E-state index in [-0.39, 0.29) is 5.41 Å². The van der Waals surface area contributed by atoms with Crippen molar-refractivity contribution in [1.29, 1.82) is 0 Å². The maximum absolute atomic E-state index is 6.04. The molecule has 1 aliphatic rings. The van der Waals surface area contributed by atoms with Crippen LogP contribution in [0.25, 0.3) is 0 Å². The number of nitrogens with one attached hydrogen (secondary N) is 1. The molecule has 0 bridgehead atoms. The third kappa shape index (κ3) is 4.21. The molecule has 3 heteroatoms. The zero-order chi connectivity index (χ0) is 14.3. The van der Waals surface area contributed by atoms with E-state index in [0.29, 0.717) is 0 Å². The van der Waals surface area contributed by atoms with Crippen LogP contribution in [0.15, 0.2) is 24.3 Å². The molecule has 112 valence electrons. The smallest absolute Gasteiger partial charge is 0.0587 e. The van der Waals surface area contributed by atoms with Crippen LogP contribution in [0.3, 0.4) is 0 Å². The minimum absolute atomic E-state index is 0.273. The van der Waals surface area contributed by atoms with Crippen LogP contribution in [0.2, 0.25) is 5.02 Å². The summed E-state index contributed by atoms with van der Waals surface area (Å²) < 4.78 is 5.13. The van der Waals surface area contributed by atoms with E-state index in [1.54, 1.807) is 7.11 Å². The van der Waals surface area contributed by atoms with Crippen LogP contribution in [-0.4, -0.2) is 26.8 Å². The Hall–Kier alpha value is -0.570. The molecule has 0 aromatic heterocycles. The summed E-state index contributed by atoms with van der Waals surface area (Å²) in [6, 6.07) is 8.48. The second kappa shape index (κ2) is 8.02. The van der Waals surface area contributed by atoms with E-state index in [1.165, 1.54) is 44.1 Å². The van der Waals surface area contributed by atoms with E-state index < -0.39 is 0 Å². The van der Waals surface area contributed by atoms with Gasteiger partial charge in [0.15, 0.2) is 0 Å². The minimum atomic E-state index is 0.273. The van der Waals surface area contributed by atoms with E-state index in [2.05, 4.69) is 17.4 Å². The fourth-order valence-corrected chi connectivity index (χ4v) is 3.40. The molecule has 0 saturated heterocycles. The first-order valence-electron chi connectivity index (χ1n) is 7.73. The van der Waals surface area contributed by atoms with E-state index >= 15 is 0 Å². The van der Waals surface area contributed by atoms with Crippen molar-refractivity contribution in [3.63, 3.8) is 0 Å². The molecule has 1 saturated carbocycles. The molecule has 0 amide bonds. The van der Waals surface area contributed by atoms with E-state index in [4.69, 9.17) is 16.3 Å². The van der Waals surface area contributed by atoms with Gasteiger partial charge in [0.2, 0.25) is 0 Å². The van der Waals surface area contributed by atoms with Gasteiger partial charge in [0.1, 0.15) is 0 Å². The zero-order valence-corrected chi connectivity index (χ0v) is 13.2. The first-order chi connectivity index (χ1) is 9.77. The molecule has 1 aromatic rings. The van der Waals surface area contributed by atoms with Crippen LogP contribution in [0.1, 0.15) is 44.1 Å². The Labute approximate surface area is 127 Å². The fraction of sp³-hybridized carbons (Fsp3) is 0.647. The second-order valence-corrected chi connectivity index (χ2v) is 6.31. The maximum Gasteiger partial charge on any atom is 0.0587 e. The molecule has 2 rings (SSSR count). The molecule has 0 atom stereocenters. The van der Waals surface area contributed by atoms with E-state index in [1.807, 2.05) is 12.1 Å². The van der Waals surface area contributed by atoms with Gasteiger partial charge in [0.05, 0.1) is 6.61 Å². The molecule has 1 fully saturated rings. The highest BCUT2D eigenvalue weighted by Crippen LogP contribution is 2.38. The Kier molecular flexibility index (Phi) is 6.34. The lowest BCUT2D eigenvalue weighted by molar-refractivity contribution is 0.195. The van der Waals surface area contributed by atoms with Gasteiger partial charge in [0, 0.05) is 30.6 Å². The van der Waals surface area contributed by atoms with Crippen molar-refractivity contribution in [2.75, 3.05) is 26.8 Å². The summed E-state index contributed by atoms with van der Waals surface area (Å²) in [4.78, 5) is 0. The highest BCUT2D eigenvalue weighted by atomic mass is 35.5. The molecule has 0 aliphatic heterocycles. The summed E-state index contributed by atoms with van der Waals surface area (Å²) in [6.07, 6.45) is 7.94. The first kappa shape index (κ1) is 15.8. The maximum atomic E-state index is 6.04. The molecule has 0 heterocycles. The molecular weight excluding hydrogens is 270 g/mol. The Balaban J connectivity index is 2.11. The molecule has 0 spiro atoms. The predicted octanol–water partition coefficient (Wildman–Crippen LogP) is 4.17. The van der Waals surface area contributed by atoms with Crippen LogP contribution < -0.4 is 5.32 Å². The number of hydrogen-bond acceptors (Lipinski definition) is 2. The lowest BCUT2D eigenvalue weighted by Crippen LogP contribution is -2.39. The summed E-state index contributed by atoms with van der Waals surface area (Å²) in [5, 5.41) is 4.40. The Morgan fingerprint density at radius 3 is 2.35 bits per heavy atom. The standard InChI is InChI=1S/C17H26ClNO/c1-20-13-12-19-14-17(10-4-2-3-5-11-17)15-6-8-16(18)9-7-15/h6-9,19H,2-5,10-14H2,1H3. The summed E-state index contributed by atoms with van der Waals surface area (Å²) in [5.74, 6) is 0. The van der Waals surface area contributed by atoms with Gasteiger partial charge in [0.25, 0.3) is 0 Å². The van der Waals surface area contributed by atoms with Gasteiger partial charge < -0.3 is 10.1 Å². The quantitative estimate of drug-likeness (QED) is 0.628. The van der Waals surface area contributed by atoms with Gasteiger partial charge in [-0.25, -0.2) is 0 Å². The summed E-state index contributed by atoms with van der Waals surface area (Å²) in [7, 11) is 1.75. The molecular formula is C17H26ClNO. The third-order valence-corrected chi connectivity index (χ3v) is 4.72. The lowest BCUT2D eigenvalue weighted by atomic mass is 9.74. The van der Waals surface area contributed by atoms with Crippen molar-refractivity contribution >= 4 is 11.6 Å². The second-order valence-electron chi connectivity index (χ2n) is 5.87.